The summed E-state index contributed by atoms with van der Waals surface area (Å²) in [5.74, 6) is 3.59. The minimum atomic E-state index is 0.102. The Labute approximate surface area is 129 Å². The first kappa shape index (κ1) is 13.4. The molecule has 1 aromatic carbocycles. The lowest BCUT2D eigenvalue weighted by atomic mass is 10.0. The molecule has 22 heavy (non-hydrogen) atoms. The molecule has 2 atom stereocenters. The number of rotatable bonds is 4. The Morgan fingerprint density at radius 3 is 2.95 bits per heavy atom. The molecule has 1 aliphatic carbocycles. The van der Waals surface area contributed by atoms with Crippen molar-refractivity contribution in [2.45, 2.75) is 38.6 Å². The van der Waals surface area contributed by atoms with Crippen molar-refractivity contribution < 1.29 is 9.21 Å². The van der Waals surface area contributed by atoms with E-state index in [0.717, 1.165) is 35.2 Å². The van der Waals surface area contributed by atoms with Crippen LogP contribution in [0.5, 0.6) is 0 Å². The highest BCUT2D eigenvalue weighted by atomic mass is 16.3. The predicted molar refractivity (Wildman–Crippen MR) is 85.9 cm³/mol. The number of anilines is 2. The number of aryl methyl sites for hydroxylation is 1. The number of carbonyl (C=O) groups excluding carboxylic acids is 1. The van der Waals surface area contributed by atoms with Crippen LogP contribution in [-0.4, -0.2) is 5.91 Å². The van der Waals surface area contributed by atoms with Gasteiger partial charge in [-0.25, -0.2) is 0 Å². The lowest BCUT2D eigenvalue weighted by Gasteiger charge is -2.17. The maximum absolute atomic E-state index is 11.4. The molecule has 0 saturated heterocycles. The second-order valence-corrected chi connectivity index (χ2v) is 6.40. The summed E-state index contributed by atoms with van der Waals surface area (Å²) in [5, 5.41) is 6.30. The van der Waals surface area contributed by atoms with Crippen molar-refractivity contribution in [1.82, 2.24) is 0 Å². The highest BCUT2D eigenvalue weighted by Gasteiger charge is 2.36. The molecule has 1 amide bonds. The average Bonchev–Trinajstić information content (AvgIpc) is 3.07. The van der Waals surface area contributed by atoms with Crippen LogP contribution in [0.15, 0.2) is 34.7 Å². The fourth-order valence-corrected chi connectivity index (χ4v) is 3.09. The largest absolute Gasteiger partial charge is 0.464 e. The lowest BCUT2D eigenvalue weighted by Crippen LogP contribution is -2.18. The van der Waals surface area contributed by atoms with Gasteiger partial charge in [-0.1, -0.05) is 6.92 Å². The monoisotopic (exact) mass is 296 g/mol. The van der Waals surface area contributed by atoms with E-state index in [4.69, 9.17) is 4.42 Å². The normalized spacial score (nSPS) is 22.9. The van der Waals surface area contributed by atoms with E-state index in [-0.39, 0.29) is 5.91 Å². The lowest BCUT2D eigenvalue weighted by molar-refractivity contribution is -0.116. The Balaban J connectivity index is 1.41. The molecule has 4 nitrogen and oxygen atoms in total. The predicted octanol–water partition coefficient (Wildman–Crippen LogP) is 3.90. The van der Waals surface area contributed by atoms with Gasteiger partial charge in [-0.05, 0) is 54.7 Å². The molecule has 1 aliphatic heterocycles. The van der Waals surface area contributed by atoms with Gasteiger partial charge in [-0.15, -0.1) is 0 Å². The molecular formula is C18H20N2O2. The van der Waals surface area contributed by atoms with E-state index in [9.17, 15) is 4.79 Å². The van der Waals surface area contributed by atoms with Gasteiger partial charge in [0, 0.05) is 23.7 Å². The number of amides is 1. The van der Waals surface area contributed by atoms with E-state index < -0.39 is 0 Å². The van der Waals surface area contributed by atoms with Gasteiger partial charge in [-0.2, -0.15) is 0 Å². The molecular weight excluding hydrogens is 276 g/mol. The molecule has 1 fully saturated rings. The fourth-order valence-electron chi connectivity index (χ4n) is 3.09. The summed E-state index contributed by atoms with van der Waals surface area (Å²) in [6.07, 6.45) is 2.62. The fraction of sp³-hybridized carbons (Fsp3) is 0.389. The zero-order valence-corrected chi connectivity index (χ0v) is 12.7. The Morgan fingerprint density at radius 2 is 2.14 bits per heavy atom. The van der Waals surface area contributed by atoms with E-state index in [1.54, 1.807) is 0 Å². The molecule has 0 spiro atoms. The van der Waals surface area contributed by atoms with Crippen LogP contribution in [0.2, 0.25) is 0 Å². The van der Waals surface area contributed by atoms with Crippen LogP contribution in [0.1, 0.15) is 42.8 Å². The second-order valence-electron chi connectivity index (χ2n) is 6.40. The molecule has 1 saturated carbocycles. The smallest absolute Gasteiger partial charge is 0.224 e. The number of furan rings is 1. The van der Waals surface area contributed by atoms with Gasteiger partial charge < -0.3 is 15.1 Å². The third kappa shape index (κ3) is 2.61. The third-order valence-electron chi connectivity index (χ3n) is 4.62. The minimum absolute atomic E-state index is 0.102. The van der Waals surface area contributed by atoms with Crippen molar-refractivity contribution in [3.63, 3.8) is 0 Å². The van der Waals surface area contributed by atoms with Gasteiger partial charge in [0.2, 0.25) is 5.91 Å². The molecule has 114 valence electrons. The van der Waals surface area contributed by atoms with E-state index >= 15 is 0 Å². The first-order chi connectivity index (χ1) is 10.7. The Morgan fingerprint density at radius 1 is 1.27 bits per heavy atom. The first-order valence-corrected chi connectivity index (χ1v) is 7.94. The van der Waals surface area contributed by atoms with E-state index in [2.05, 4.69) is 35.8 Å². The van der Waals surface area contributed by atoms with Gasteiger partial charge >= 0.3 is 0 Å². The van der Waals surface area contributed by atoms with Crippen LogP contribution < -0.4 is 10.6 Å². The molecule has 4 rings (SSSR count). The minimum Gasteiger partial charge on any atom is -0.464 e. The van der Waals surface area contributed by atoms with Crippen LogP contribution >= 0.6 is 0 Å². The number of benzene rings is 1. The van der Waals surface area contributed by atoms with Crippen molar-refractivity contribution in [3.8, 4) is 0 Å². The van der Waals surface area contributed by atoms with Crippen LogP contribution in [0.4, 0.5) is 11.4 Å². The Kier molecular flexibility index (Phi) is 3.17. The van der Waals surface area contributed by atoms with E-state index in [0.29, 0.717) is 18.9 Å². The highest BCUT2D eigenvalue weighted by Crippen LogP contribution is 2.47. The van der Waals surface area contributed by atoms with Crippen molar-refractivity contribution in [3.05, 3.63) is 47.4 Å². The van der Waals surface area contributed by atoms with Crippen molar-refractivity contribution in [1.29, 1.82) is 0 Å². The number of carbonyl (C=O) groups is 1. The summed E-state index contributed by atoms with van der Waals surface area (Å²) >= 11 is 0. The van der Waals surface area contributed by atoms with Crippen molar-refractivity contribution >= 4 is 17.3 Å². The quantitative estimate of drug-likeness (QED) is 0.899. The zero-order valence-electron chi connectivity index (χ0n) is 12.7. The maximum Gasteiger partial charge on any atom is 0.224 e. The third-order valence-corrected chi connectivity index (χ3v) is 4.62. The van der Waals surface area contributed by atoms with Gasteiger partial charge in [0.15, 0.2) is 0 Å². The summed E-state index contributed by atoms with van der Waals surface area (Å²) in [7, 11) is 0. The Bertz CT molecular complexity index is 720. The SMILES string of the molecule is C[C@@H]1C[C@@H]1c1ccc(CNc2ccc3c(c2)CCC(=O)N3)o1. The highest BCUT2D eigenvalue weighted by molar-refractivity contribution is 5.94. The zero-order chi connectivity index (χ0) is 15.1. The van der Waals surface area contributed by atoms with Gasteiger partial charge in [0.05, 0.1) is 6.54 Å². The van der Waals surface area contributed by atoms with Gasteiger partial charge in [0.25, 0.3) is 0 Å². The van der Waals surface area contributed by atoms with Crippen molar-refractivity contribution in [2.75, 3.05) is 10.6 Å². The molecule has 2 N–H and O–H groups in total. The average molecular weight is 296 g/mol. The van der Waals surface area contributed by atoms with Gasteiger partial charge in [0.1, 0.15) is 11.5 Å². The molecule has 2 heterocycles. The number of hydrogen-bond donors (Lipinski definition) is 2. The summed E-state index contributed by atoms with van der Waals surface area (Å²) < 4.78 is 5.91. The molecule has 1 aromatic heterocycles. The van der Waals surface area contributed by atoms with Gasteiger partial charge in [-0.3, -0.25) is 4.79 Å². The standard InChI is InChI=1S/C18H20N2O2/c1-11-8-15(11)17-6-4-14(22-17)10-19-13-3-5-16-12(9-13)2-7-18(21)20-16/h3-6,9,11,15,19H,2,7-8,10H2,1H3,(H,20,21)/t11-,15+/m1/s1. The van der Waals surface area contributed by atoms with Crippen LogP contribution in [0.3, 0.4) is 0 Å². The number of fused-ring (bicyclic) bond motifs is 1. The summed E-state index contributed by atoms with van der Waals surface area (Å²) in [6, 6.07) is 10.2. The number of hydrogen-bond acceptors (Lipinski definition) is 3. The van der Waals surface area contributed by atoms with Crippen molar-refractivity contribution in [2.24, 2.45) is 5.92 Å². The second kappa shape index (κ2) is 5.20. The molecule has 4 heteroatoms. The summed E-state index contributed by atoms with van der Waals surface area (Å²) in [6.45, 7) is 2.95. The Hall–Kier alpha value is -2.23. The van der Waals surface area contributed by atoms with E-state index in [1.165, 1.54) is 12.0 Å². The topological polar surface area (TPSA) is 54.3 Å². The van der Waals surface area contributed by atoms with Crippen LogP contribution in [0.25, 0.3) is 0 Å². The van der Waals surface area contributed by atoms with Crippen LogP contribution in [-0.2, 0) is 17.8 Å². The van der Waals surface area contributed by atoms with Crippen LogP contribution in [0, 0.1) is 5.92 Å². The molecule has 0 unspecified atom stereocenters. The molecule has 0 radical (unpaired) electrons. The summed E-state index contributed by atoms with van der Waals surface area (Å²) in [5.41, 5.74) is 3.19. The number of nitrogens with one attached hydrogen (secondary N) is 2. The summed E-state index contributed by atoms with van der Waals surface area (Å²) in [4.78, 5) is 11.4. The maximum atomic E-state index is 11.4. The molecule has 2 aromatic rings. The first-order valence-electron chi connectivity index (χ1n) is 7.94. The molecule has 2 aliphatic rings. The molecule has 0 bridgehead atoms. The van der Waals surface area contributed by atoms with E-state index in [1.807, 2.05) is 12.1 Å².